The van der Waals surface area contributed by atoms with Gasteiger partial charge in [-0.3, -0.25) is 4.99 Å². The molecule has 0 amide bonds. The van der Waals surface area contributed by atoms with Gasteiger partial charge < -0.3 is 5.32 Å². The Bertz CT molecular complexity index is 307. The Hall–Kier alpha value is -0.830. The summed E-state index contributed by atoms with van der Waals surface area (Å²) >= 11 is 3.41. The minimum absolute atomic E-state index is 0.684. The lowest BCUT2D eigenvalue weighted by Gasteiger charge is -2.11. The van der Waals surface area contributed by atoms with Crippen LogP contribution in [0.3, 0.4) is 0 Å². The summed E-state index contributed by atoms with van der Waals surface area (Å²) in [6.07, 6.45) is 1.89. The lowest BCUT2D eigenvalue weighted by Crippen LogP contribution is -2.07. The van der Waals surface area contributed by atoms with Crippen LogP contribution in [0.5, 0.6) is 0 Å². The van der Waals surface area contributed by atoms with Gasteiger partial charge in [-0.05, 0) is 12.1 Å². The summed E-state index contributed by atoms with van der Waals surface area (Å²) in [6, 6.07) is 6.10. The predicted molar refractivity (Wildman–Crippen MR) is 50.2 cm³/mol. The molecule has 1 aliphatic heterocycles. The van der Waals surface area contributed by atoms with E-state index in [1.54, 1.807) is 0 Å². The number of nitrogens with zero attached hydrogens (tertiary/aromatic N) is 1. The Balaban J connectivity index is 2.53. The van der Waals surface area contributed by atoms with E-state index in [0.717, 1.165) is 15.7 Å². The summed E-state index contributed by atoms with van der Waals surface area (Å²) in [4.78, 5) is 4.10. The molecule has 2 rings (SSSR count). The van der Waals surface area contributed by atoms with Crippen LogP contribution < -0.4 is 5.32 Å². The maximum atomic E-state index is 4.10. The van der Waals surface area contributed by atoms with Crippen molar-refractivity contribution in [1.82, 2.24) is 0 Å². The molecule has 0 radical (unpaired) electrons. The number of nitrogens with one attached hydrogen (secondary N) is 1. The molecule has 0 fully saturated rings. The number of rotatable bonds is 0. The molecule has 0 aromatic heterocycles. The number of aliphatic imine (C=N–C) groups is 1. The third kappa shape index (κ3) is 1.28. The van der Waals surface area contributed by atoms with Crippen molar-refractivity contribution in [3.8, 4) is 0 Å². The lowest BCUT2D eigenvalue weighted by atomic mass is 10.2. The van der Waals surface area contributed by atoms with Gasteiger partial charge in [0.1, 0.15) is 6.67 Å². The standard InChI is InChI=1S/C8H7BrN2/c9-7-2-1-6-4-10-5-11-8(6)3-7/h1-4,11H,5H2. The van der Waals surface area contributed by atoms with E-state index in [1.807, 2.05) is 18.3 Å². The van der Waals surface area contributed by atoms with Gasteiger partial charge in [0.25, 0.3) is 0 Å². The Morgan fingerprint density at radius 3 is 3.27 bits per heavy atom. The molecule has 0 spiro atoms. The van der Waals surface area contributed by atoms with E-state index in [4.69, 9.17) is 0 Å². The molecular weight excluding hydrogens is 204 g/mol. The molecule has 0 saturated carbocycles. The van der Waals surface area contributed by atoms with Crippen molar-refractivity contribution < 1.29 is 0 Å². The van der Waals surface area contributed by atoms with Gasteiger partial charge in [0.05, 0.1) is 0 Å². The van der Waals surface area contributed by atoms with E-state index >= 15 is 0 Å². The van der Waals surface area contributed by atoms with Crippen LogP contribution in [0, 0.1) is 0 Å². The fourth-order valence-corrected chi connectivity index (χ4v) is 1.43. The Morgan fingerprint density at radius 2 is 2.36 bits per heavy atom. The van der Waals surface area contributed by atoms with Gasteiger partial charge in [-0.25, -0.2) is 0 Å². The monoisotopic (exact) mass is 210 g/mol. The quantitative estimate of drug-likeness (QED) is 0.699. The third-order valence-corrected chi connectivity index (χ3v) is 2.10. The molecule has 1 N–H and O–H groups in total. The van der Waals surface area contributed by atoms with Crippen molar-refractivity contribution in [2.45, 2.75) is 0 Å². The molecule has 0 aliphatic carbocycles. The predicted octanol–water partition coefficient (Wildman–Crippen LogP) is 2.25. The van der Waals surface area contributed by atoms with Crippen molar-refractivity contribution in [3.63, 3.8) is 0 Å². The molecule has 0 unspecified atom stereocenters. The first-order valence-electron chi connectivity index (χ1n) is 3.39. The zero-order chi connectivity index (χ0) is 7.68. The molecule has 0 bridgehead atoms. The summed E-state index contributed by atoms with van der Waals surface area (Å²) < 4.78 is 1.10. The fraction of sp³-hybridized carbons (Fsp3) is 0.125. The van der Waals surface area contributed by atoms with Crippen LogP contribution in [0.25, 0.3) is 0 Å². The number of anilines is 1. The van der Waals surface area contributed by atoms with Gasteiger partial charge in [-0.2, -0.15) is 0 Å². The molecule has 1 aliphatic rings. The van der Waals surface area contributed by atoms with Crippen molar-refractivity contribution >= 4 is 27.8 Å². The van der Waals surface area contributed by atoms with Gasteiger partial charge >= 0.3 is 0 Å². The first-order chi connectivity index (χ1) is 5.36. The maximum Gasteiger partial charge on any atom is 0.107 e. The van der Waals surface area contributed by atoms with Crippen LogP contribution in [-0.2, 0) is 0 Å². The van der Waals surface area contributed by atoms with Gasteiger partial charge in [0.2, 0.25) is 0 Å². The summed E-state index contributed by atoms with van der Waals surface area (Å²) in [5, 5.41) is 3.18. The van der Waals surface area contributed by atoms with Crippen LogP contribution in [0.2, 0.25) is 0 Å². The summed E-state index contributed by atoms with van der Waals surface area (Å²) in [5.41, 5.74) is 2.30. The fourth-order valence-electron chi connectivity index (χ4n) is 1.07. The molecule has 1 aromatic carbocycles. The molecule has 56 valence electrons. The molecule has 0 atom stereocenters. The van der Waals surface area contributed by atoms with Gasteiger partial charge in [0, 0.05) is 21.9 Å². The maximum absolute atomic E-state index is 4.10. The highest BCUT2D eigenvalue weighted by Crippen LogP contribution is 2.21. The third-order valence-electron chi connectivity index (χ3n) is 1.61. The Kier molecular flexibility index (Phi) is 1.66. The van der Waals surface area contributed by atoms with Crippen molar-refractivity contribution in [1.29, 1.82) is 0 Å². The molecule has 1 aromatic rings. The van der Waals surface area contributed by atoms with Gasteiger partial charge in [-0.1, -0.05) is 22.0 Å². The van der Waals surface area contributed by atoms with E-state index in [0.29, 0.717) is 6.67 Å². The highest BCUT2D eigenvalue weighted by Gasteiger charge is 2.02. The second-order valence-corrected chi connectivity index (χ2v) is 3.29. The average molecular weight is 211 g/mol. The number of fused-ring (bicyclic) bond motifs is 1. The number of halogens is 1. The molecule has 2 nitrogen and oxygen atoms in total. The van der Waals surface area contributed by atoms with Crippen LogP contribution >= 0.6 is 15.9 Å². The van der Waals surface area contributed by atoms with E-state index in [2.05, 4.69) is 32.3 Å². The minimum atomic E-state index is 0.684. The normalized spacial score (nSPS) is 13.9. The largest absolute Gasteiger partial charge is 0.366 e. The highest BCUT2D eigenvalue weighted by atomic mass is 79.9. The SMILES string of the molecule is Brc1ccc2c(c1)NCN=C2. The van der Waals surface area contributed by atoms with Crippen LogP contribution in [-0.4, -0.2) is 12.9 Å². The molecule has 3 heteroatoms. The van der Waals surface area contributed by atoms with Crippen LogP contribution in [0.1, 0.15) is 5.56 Å². The summed E-state index contributed by atoms with van der Waals surface area (Å²) in [5.74, 6) is 0. The van der Waals surface area contributed by atoms with Crippen LogP contribution in [0.15, 0.2) is 27.7 Å². The topological polar surface area (TPSA) is 24.4 Å². The molecule has 0 saturated heterocycles. The average Bonchev–Trinajstić information content (AvgIpc) is 2.04. The number of hydrogen-bond donors (Lipinski definition) is 1. The minimum Gasteiger partial charge on any atom is -0.366 e. The van der Waals surface area contributed by atoms with E-state index in [9.17, 15) is 0 Å². The van der Waals surface area contributed by atoms with Crippen molar-refractivity contribution in [2.24, 2.45) is 4.99 Å². The van der Waals surface area contributed by atoms with Crippen molar-refractivity contribution in [2.75, 3.05) is 12.0 Å². The highest BCUT2D eigenvalue weighted by molar-refractivity contribution is 9.10. The summed E-state index contributed by atoms with van der Waals surface area (Å²) in [6.45, 7) is 0.684. The van der Waals surface area contributed by atoms with Gasteiger partial charge in [0.15, 0.2) is 0 Å². The lowest BCUT2D eigenvalue weighted by molar-refractivity contribution is 1.13. The molecular formula is C8H7BrN2. The van der Waals surface area contributed by atoms with E-state index in [-0.39, 0.29) is 0 Å². The van der Waals surface area contributed by atoms with Crippen LogP contribution in [0.4, 0.5) is 5.69 Å². The Morgan fingerprint density at radius 1 is 1.45 bits per heavy atom. The van der Waals surface area contributed by atoms with E-state index in [1.165, 1.54) is 0 Å². The molecule has 11 heavy (non-hydrogen) atoms. The second kappa shape index (κ2) is 2.66. The zero-order valence-corrected chi connectivity index (χ0v) is 7.43. The summed E-state index contributed by atoms with van der Waals surface area (Å²) in [7, 11) is 0. The van der Waals surface area contributed by atoms with Gasteiger partial charge in [-0.15, -0.1) is 0 Å². The first-order valence-corrected chi connectivity index (χ1v) is 4.19. The first kappa shape index (κ1) is 6.85. The Labute approximate surface area is 73.5 Å². The zero-order valence-electron chi connectivity index (χ0n) is 5.84. The van der Waals surface area contributed by atoms with E-state index < -0.39 is 0 Å². The smallest absolute Gasteiger partial charge is 0.107 e. The number of hydrogen-bond acceptors (Lipinski definition) is 2. The second-order valence-electron chi connectivity index (χ2n) is 2.38. The molecule has 1 heterocycles. The number of benzene rings is 1. The van der Waals surface area contributed by atoms with Crippen molar-refractivity contribution in [3.05, 3.63) is 28.2 Å².